The molecule has 0 saturated heterocycles. The van der Waals surface area contributed by atoms with E-state index in [9.17, 15) is 0 Å². The second-order valence-electron chi connectivity index (χ2n) is 18.7. The maximum atomic E-state index is 6.68. The first-order chi connectivity index (χ1) is 30.4. The summed E-state index contributed by atoms with van der Waals surface area (Å²) in [6.07, 6.45) is 1.93. The summed E-state index contributed by atoms with van der Waals surface area (Å²) in [6.45, 7) is 18.0. The zero-order valence-corrected chi connectivity index (χ0v) is 39.6. The molecule has 0 bridgehead atoms. The van der Waals surface area contributed by atoms with E-state index in [0.29, 0.717) is 11.5 Å². The van der Waals surface area contributed by atoms with E-state index in [-0.39, 0.29) is 37.3 Å². The molecule has 0 aliphatic carbocycles. The molecule has 0 spiro atoms. The van der Waals surface area contributed by atoms with E-state index in [0.717, 1.165) is 50.4 Å². The van der Waals surface area contributed by atoms with Crippen LogP contribution >= 0.6 is 0 Å². The molecule has 1 aliphatic heterocycles. The first-order valence-electron chi connectivity index (χ1n) is 21.8. The molecule has 1 aliphatic rings. The number of pyridine rings is 1. The topological polar surface area (TPSA) is 33.5 Å². The largest absolute Gasteiger partial charge is 0.509 e. The van der Waals surface area contributed by atoms with Crippen LogP contribution in [0, 0.1) is 18.8 Å². The zero-order chi connectivity index (χ0) is 43.5. The number of nitrogens with zero attached hydrogens (tertiary/aromatic N) is 4. The van der Waals surface area contributed by atoms with Crippen molar-refractivity contribution in [2.45, 2.75) is 64.7 Å². The number of aromatic nitrogens is 2. The molecule has 0 amide bonds. The van der Waals surface area contributed by atoms with Gasteiger partial charge in [0.2, 0.25) is 0 Å². The molecule has 0 N–H and O–H groups in total. The third-order valence-electron chi connectivity index (χ3n) is 12.9. The molecule has 64 heavy (non-hydrogen) atoms. The Bertz CT molecular complexity index is 3130. The van der Waals surface area contributed by atoms with Crippen molar-refractivity contribution in [2.75, 3.05) is 9.80 Å². The minimum Gasteiger partial charge on any atom is -0.509 e. The normalized spacial score (nSPS) is 13.0. The monoisotopic (exact) mass is 1010 g/mol. The molecule has 9 aromatic rings. The molecule has 7 aromatic carbocycles. The quantitative estimate of drug-likeness (QED) is 0.135. The molecule has 10 rings (SSSR count). The Morgan fingerprint density at radius 1 is 0.500 bits per heavy atom. The van der Waals surface area contributed by atoms with E-state index in [1.807, 2.05) is 24.4 Å². The third kappa shape index (κ3) is 7.71. The Balaban J connectivity index is 0.00000518. The van der Waals surface area contributed by atoms with Gasteiger partial charge in [-0.15, -0.1) is 48.1 Å². The average Bonchev–Trinajstić information content (AvgIpc) is 3.85. The Hall–Kier alpha value is -6.42. The van der Waals surface area contributed by atoms with E-state index >= 15 is 0 Å². The number of anilines is 4. The minimum absolute atomic E-state index is 0. The number of hydrogen-bond acceptors (Lipinski definition) is 4. The third-order valence-corrected chi connectivity index (χ3v) is 12.9. The Morgan fingerprint density at radius 2 is 1.09 bits per heavy atom. The number of hydrogen-bond donors (Lipinski definition) is 0. The molecule has 6 heteroatoms. The van der Waals surface area contributed by atoms with E-state index in [1.165, 1.54) is 27.8 Å². The van der Waals surface area contributed by atoms with Gasteiger partial charge in [0, 0.05) is 72.2 Å². The van der Waals surface area contributed by atoms with Crippen molar-refractivity contribution < 1.29 is 25.8 Å². The van der Waals surface area contributed by atoms with E-state index in [4.69, 9.17) is 9.72 Å². The summed E-state index contributed by atoms with van der Waals surface area (Å²) in [5.74, 6) is 2.04. The van der Waals surface area contributed by atoms with Gasteiger partial charge in [-0.3, -0.25) is 0 Å². The summed E-state index contributed by atoms with van der Waals surface area (Å²) in [4.78, 5) is 9.46. The molecular weight excluding hydrogens is 964 g/mol. The number of rotatable bonds is 9. The van der Waals surface area contributed by atoms with Crippen LogP contribution in [0.25, 0.3) is 27.6 Å². The summed E-state index contributed by atoms with van der Waals surface area (Å²) in [5.41, 5.74) is 11.9. The molecule has 0 unspecified atom stereocenters. The summed E-state index contributed by atoms with van der Waals surface area (Å²) >= 11 is 0. The van der Waals surface area contributed by atoms with Crippen LogP contribution in [-0.2, 0) is 37.3 Å². The van der Waals surface area contributed by atoms with Gasteiger partial charge in [0.25, 0.3) is 0 Å². The predicted octanol–water partition coefficient (Wildman–Crippen LogP) is 14.9. The van der Waals surface area contributed by atoms with Gasteiger partial charge in [-0.2, -0.15) is 12.1 Å². The molecule has 0 radical (unpaired) electrons. The summed E-state index contributed by atoms with van der Waals surface area (Å²) in [7, 11) is 0. The van der Waals surface area contributed by atoms with E-state index in [2.05, 4.69) is 233 Å². The van der Waals surface area contributed by atoms with Crippen LogP contribution < -0.4 is 14.5 Å². The van der Waals surface area contributed by atoms with Crippen molar-refractivity contribution in [3.8, 4) is 17.3 Å². The van der Waals surface area contributed by atoms with Crippen LogP contribution in [0.5, 0.6) is 11.5 Å². The SMILES string of the molecule is CC(C)(C)c1ccc2c3ccc(Oc4[c-]c(N5[CH-]N(c6cccc(C(C)(C)c7ccccc7)c6)c6ccccc65)ccc4)[c-]c3n(-c3cc(C(C)(C)c4ccccc4)ccn3)c2c1.[Pt]. The molecule has 0 fully saturated rings. The molecule has 5 nitrogen and oxygen atoms in total. The van der Waals surface area contributed by atoms with Gasteiger partial charge in [0.05, 0.1) is 0 Å². The standard InChI is InChI=1S/C58H51N4O.Pt/c1-56(2,3)42-28-30-49-50-31-29-48(38-54(50)62(53(49)35-42)55-36-44(32-33-59-55)58(6,7)41-20-12-9-13-21-41)63-47-25-17-24-46(37-47)61-39-60(51-26-14-15-27-52(51)61)45-23-16-22-43(34-45)57(4,5)40-18-10-8-11-19-40;/h8-36,39H,1-7H3;/q-3;. The fourth-order valence-corrected chi connectivity index (χ4v) is 8.97. The van der Waals surface area contributed by atoms with Crippen molar-refractivity contribution in [1.82, 2.24) is 9.55 Å². The van der Waals surface area contributed by atoms with Gasteiger partial charge in [-0.05, 0) is 81.1 Å². The fraction of sp³-hybridized carbons (Fsp3) is 0.172. The number of para-hydroxylation sites is 2. The second-order valence-corrected chi connectivity index (χ2v) is 18.7. The summed E-state index contributed by atoms with van der Waals surface area (Å²) < 4.78 is 8.93. The number of fused-ring (bicyclic) bond motifs is 4. The fourth-order valence-electron chi connectivity index (χ4n) is 8.97. The van der Waals surface area contributed by atoms with Crippen LogP contribution in [0.15, 0.2) is 176 Å². The molecule has 3 heterocycles. The molecule has 2 aromatic heterocycles. The van der Waals surface area contributed by atoms with Gasteiger partial charge in [0.1, 0.15) is 5.82 Å². The first-order valence-corrected chi connectivity index (χ1v) is 21.8. The van der Waals surface area contributed by atoms with Crippen LogP contribution in [0.4, 0.5) is 22.7 Å². The first kappa shape index (κ1) is 42.9. The smallest absolute Gasteiger partial charge is 0.135 e. The zero-order valence-electron chi connectivity index (χ0n) is 37.3. The maximum Gasteiger partial charge on any atom is 0.135 e. The van der Waals surface area contributed by atoms with Gasteiger partial charge < -0.3 is 19.1 Å². The van der Waals surface area contributed by atoms with Crippen LogP contribution in [0.3, 0.4) is 0 Å². The van der Waals surface area contributed by atoms with Crippen molar-refractivity contribution in [3.05, 3.63) is 223 Å². The molecule has 0 atom stereocenters. The van der Waals surface area contributed by atoms with Crippen molar-refractivity contribution in [3.63, 3.8) is 0 Å². The predicted molar refractivity (Wildman–Crippen MR) is 260 cm³/mol. The summed E-state index contributed by atoms with van der Waals surface area (Å²) in [6, 6.07) is 67.4. The number of benzene rings is 7. The van der Waals surface area contributed by atoms with Crippen molar-refractivity contribution >= 4 is 44.6 Å². The van der Waals surface area contributed by atoms with Crippen molar-refractivity contribution in [1.29, 1.82) is 0 Å². The van der Waals surface area contributed by atoms with Crippen LogP contribution in [0.2, 0.25) is 0 Å². The van der Waals surface area contributed by atoms with Gasteiger partial charge >= 0.3 is 0 Å². The van der Waals surface area contributed by atoms with Gasteiger partial charge in [-0.1, -0.05) is 151 Å². The van der Waals surface area contributed by atoms with Crippen molar-refractivity contribution in [2.24, 2.45) is 0 Å². The minimum atomic E-state index is -0.235. The van der Waals surface area contributed by atoms with Gasteiger partial charge in [-0.25, -0.2) is 4.98 Å². The molecular formula is C58H51N4OPt-3. The average molecular weight is 1020 g/mol. The Kier molecular flexibility index (Phi) is 11.1. The number of ether oxygens (including phenoxy) is 1. The maximum absolute atomic E-state index is 6.68. The Labute approximate surface area is 392 Å². The molecule has 322 valence electrons. The van der Waals surface area contributed by atoms with Crippen LogP contribution in [-0.4, -0.2) is 9.55 Å². The summed E-state index contributed by atoms with van der Waals surface area (Å²) in [5, 5.41) is 2.23. The molecule has 0 saturated carbocycles. The van der Waals surface area contributed by atoms with Gasteiger partial charge in [0.15, 0.2) is 0 Å². The second kappa shape index (κ2) is 16.6. The van der Waals surface area contributed by atoms with E-state index < -0.39 is 0 Å². The Morgan fingerprint density at radius 3 is 1.78 bits per heavy atom. The van der Waals surface area contributed by atoms with Crippen LogP contribution in [0.1, 0.15) is 76.3 Å². The van der Waals surface area contributed by atoms with E-state index in [1.54, 1.807) is 0 Å².